The van der Waals surface area contributed by atoms with Gasteiger partial charge in [-0.15, -0.1) is 0 Å². The Hall–Kier alpha value is -5.42. The SMILES string of the molecule is CCC(=O)N(CC(=O)N(C)C)c1ccc(N/C(=C2\C(=O)Nc3ccc(S(=O)(=O)Nc4ccccc4)cc32)c2ccccc2)cc1. The maximum atomic E-state index is 13.4. The van der Waals surface area contributed by atoms with E-state index in [2.05, 4.69) is 15.4 Å². The van der Waals surface area contributed by atoms with Gasteiger partial charge in [0.25, 0.3) is 15.9 Å². The lowest BCUT2D eigenvalue weighted by molar-refractivity contribution is -0.129. The molecule has 230 valence electrons. The van der Waals surface area contributed by atoms with Crippen molar-refractivity contribution in [3.63, 3.8) is 0 Å². The van der Waals surface area contributed by atoms with Crippen molar-refractivity contribution >= 4 is 61.8 Å². The molecule has 0 unspecified atom stereocenters. The Kier molecular flexibility index (Phi) is 9.01. The summed E-state index contributed by atoms with van der Waals surface area (Å²) >= 11 is 0. The molecule has 0 radical (unpaired) electrons. The van der Waals surface area contributed by atoms with E-state index in [4.69, 9.17) is 0 Å². The van der Waals surface area contributed by atoms with Crippen LogP contribution in [-0.2, 0) is 24.4 Å². The fourth-order valence-electron chi connectivity index (χ4n) is 4.83. The van der Waals surface area contributed by atoms with Crippen molar-refractivity contribution in [2.75, 3.05) is 40.9 Å². The average molecular weight is 624 g/mol. The van der Waals surface area contributed by atoms with Crippen molar-refractivity contribution in [3.05, 3.63) is 114 Å². The number of carbonyl (C=O) groups is 3. The highest BCUT2D eigenvalue weighted by molar-refractivity contribution is 7.92. The third-order valence-electron chi connectivity index (χ3n) is 7.23. The first-order chi connectivity index (χ1) is 21.6. The second-order valence-corrected chi connectivity index (χ2v) is 12.2. The van der Waals surface area contributed by atoms with Crippen LogP contribution < -0.4 is 20.3 Å². The van der Waals surface area contributed by atoms with Crippen LogP contribution in [0.1, 0.15) is 24.5 Å². The van der Waals surface area contributed by atoms with Crippen LogP contribution in [-0.4, -0.2) is 51.7 Å². The summed E-state index contributed by atoms with van der Waals surface area (Å²) in [7, 11) is -0.679. The third kappa shape index (κ3) is 6.89. The second-order valence-electron chi connectivity index (χ2n) is 10.5. The number of fused-ring (bicyclic) bond motifs is 1. The Labute approximate surface area is 262 Å². The Morgan fingerprint density at radius 3 is 2.07 bits per heavy atom. The molecular formula is C34H33N5O5S. The zero-order valence-electron chi connectivity index (χ0n) is 25.1. The highest BCUT2D eigenvalue weighted by Crippen LogP contribution is 2.39. The number of rotatable bonds is 10. The molecule has 0 saturated carbocycles. The van der Waals surface area contributed by atoms with Gasteiger partial charge in [0, 0.05) is 48.8 Å². The molecule has 4 aromatic carbocycles. The molecule has 0 bridgehead atoms. The molecule has 5 rings (SSSR count). The molecule has 0 fully saturated rings. The highest BCUT2D eigenvalue weighted by Gasteiger charge is 2.30. The summed E-state index contributed by atoms with van der Waals surface area (Å²) in [6.07, 6.45) is 0.234. The smallest absolute Gasteiger partial charge is 0.261 e. The van der Waals surface area contributed by atoms with E-state index in [-0.39, 0.29) is 41.2 Å². The number of nitrogens with one attached hydrogen (secondary N) is 3. The monoisotopic (exact) mass is 623 g/mol. The van der Waals surface area contributed by atoms with Crippen LogP contribution in [0.15, 0.2) is 108 Å². The summed E-state index contributed by atoms with van der Waals surface area (Å²) in [4.78, 5) is 41.4. The second kappa shape index (κ2) is 13.1. The maximum absolute atomic E-state index is 13.4. The molecule has 0 aromatic heterocycles. The summed E-state index contributed by atoms with van der Waals surface area (Å²) < 4.78 is 29.1. The molecule has 3 amide bonds. The predicted octanol–water partition coefficient (Wildman–Crippen LogP) is 5.25. The first-order valence-electron chi connectivity index (χ1n) is 14.3. The van der Waals surface area contributed by atoms with Crippen LogP contribution in [0.5, 0.6) is 0 Å². The van der Waals surface area contributed by atoms with Crippen molar-refractivity contribution < 1.29 is 22.8 Å². The third-order valence-corrected chi connectivity index (χ3v) is 8.61. The van der Waals surface area contributed by atoms with Crippen LogP contribution in [0.25, 0.3) is 11.3 Å². The summed E-state index contributed by atoms with van der Waals surface area (Å²) in [5, 5.41) is 6.20. The molecule has 0 atom stereocenters. The summed E-state index contributed by atoms with van der Waals surface area (Å²) in [5.41, 5.74) is 3.95. The van der Waals surface area contributed by atoms with E-state index in [9.17, 15) is 22.8 Å². The molecule has 1 aliphatic heterocycles. The van der Waals surface area contributed by atoms with Crippen LogP contribution >= 0.6 is 0 Å². The number of hydrogen-bond donors (Lipinski definition) is 3. The molecule has 0 spiro atoms. The van der Waals surface area contributed by atoms with Crippen molar-refractivity contribution in [2.24, 2.45) is 0 Å². The quantitative estimate of drug-likeness (QED) is 0.207. The minimum absolute atomic E-state index is 0.00354. The fourth-order valence-corrected chi connectivity index (χ4v) is 5.91. The van der Waals surface area contributed by atoms with Gasteiger partial charge in [0.05, 0.1) is 16.2 Å². The van der Waals surface area contributed by atoms with Crippen molar-refractivity contribution in [3.8, 4) is 0 Å². The summed E-state index contributed by atoms with van der Waals surface area (Å²) in [6, 6.07) is 29.3. The molecule has 10 nitrogen and oxygen atoms in total. The standard InChI is InChI=1S/C34H33N5O5S/c1-4-30(40)39(22-31(41)38(2)3)26-17-15-24(16-18-26)35-33(23-11-7-5-8-12-23)32-28-21-27(19-20-29(28)36-34(32)42)45(43,44)37-25-13-9-6-10-14-25/h5-21,35,37H,4,22H2,1-3H3,(H,36,42)/b33-32-. The minimum atomic E-state index is -3.95. The summed E-state index contributed by atoms with van der Waals surface area (Å²) in [5.74, 6) is -0.786. The normalized spacial score (nSPS) is 13.4. The van der Waals surface area contributed by atoms with Gasteiger partial charge in [-0.1, -0.05) is 55.5 Å². The van der Waals surface area contributed by atoms with E-state index in [0.717, 1.165) is 0 Å². The molecule has 1 aliphatic rings. The molecule has 11 heteroatoms. The first-order valence-corrected chi connectivity index (χ1v) is 15.8. The van der Waals surface area contributed by atoms with E-state index >= 15 is 0 Å². The van der Waals surface area contributed by atoms with Gasteiger partial charge < -0.3 is 20.4 Å². The van der Waals surface area contributed by atoms with Crippen LogP contribution in [0.4, 0.5) is 22.7 Å². The zero-order valence-corrected chi connectivity index (χ0v) is 25.9. The van der Waals surface area contributed by atoms with Gasteiger partial charge in [0.2, 0.25) is 11.8 Å². The Balaban J connectivity index is 1.54. The summed E-state index contributed by atoms with van der Waals surface area (Å²) in [6.45, 7) is 1.65. The number of hydrogen-bond acceptors (Lipinski definition) is 6. The van der Waals surface area contributed by atoms with Crippen molar-refractivity contribution in [1.29, 1.82) is 0 Å². The topological polar surface area (TPSA) is 128 Å². The highest BCUT2D eigenvalue weighted by atomic mass is 32.2. The fraction of sp³-hybridized carbons (Fsp3) is 0.147. The van der Waals surface area contributed by atoms with Gasteiger partial charge in [-0.3, -0.25) is 19.1 Å². The van der Waals surface area contributed by atoms with Gasteiger partial charge in [0.1, 0.15) is 6.54 Å². The first kappa shape index (κ1) is 31.0. The van der Waals surface area contributed by atoms with Gasteiger partial charge in [0.15, 0.2) is 0 Å². The van der Waals surface area contributed by atoms with Crippen LogP contribution in [0, 0.1) is 0 Å². The molecule has 0 saturated heterocycles. The number of carbonyl (C=O) groups excluding carboxylic acids is 3. The Bertz CT molecular complexity index is 1870. The molecule has 4 aromatic rings. The number of likely N-dealkylation sites (N-methyl/N-ethyl adjacent to an activating group) is 1. The minimum Gasteiger partial charge on any atom is -0.354 e. The number of anilines is 4. The molecule has 0 aliphatic carbocycles. The maximum Gasteiger partial charge on any atom is 0.261 e. The van der Waals surface area contributed by atoms with Gasteiger partial charge in [-0.2, -0.15) is 0 Å². The van der Waals surface area contributed by atoms with E-state index in [1.807, 2.05) is 30.3 Å². The predicted molar refractivity (Wildman–Crippen MR) is 177 cm³/mol. The van der Waals surface area contributed by atoms with E-state index in [0.29, 0.717) is 39.6 Å². The number of sulfonamides is 1. The average Bonchev–Trinajstić information content (AvgIpc) is 3.37. The molecular weight excluding hydrogens is 590 g/mol. The van der Waals surface area contributed by atoms with Crippen molar-refractivity contribution in [1.82, 2.24) is 4.90 Å². The lowest BCUT2D eigenvalue weighted by Crippen LogP contribution is -2.40. The lowest BCUT2D eigenvalue weighted by Gasteiger charge is -2.24. The number of amides is 3. The van der Waals surface area contributed by atoms with E-state index in [1.54, 1.807) is 81.7 Å². The van der Waals surface area contributed by atoms with Gasteiger partial charge in [-0.05, 0) is 60.2 Å². The van der Waals surface area contributed by atoms with Crippen molar-refractivity contribution in [2.45, 2.75) is 18.2 Å². The van der Waals surface area contributed by atoms with Gasteiger partial charge in [-0.25, -0.2) is 8.42 Å². The largest absolute Gasteiger partial charge is 0.354 e. The van der Waals surface area contributed by atoms with E-state index in [1.165, 1.54) is 21.9 Å². The van der Waals surface area contributed by atoms with Crippen LogP contribution in [0.3, 0.4) is 0 Å². The zero-order chi connectivity index (χ0) is 32.1. The van der Waals surface area contributed by atoms with Gasteiger partial charge >= 0.3 is 0 Å². The lowest BCUT2D eigenvalue weighted by atomic mass is 10.00. The van der Waals surface area contributed by atoms with Crippen LogP contribution in [0.2, 0.25) is 0 Å². The Morgan fingerprint density at radius 2 is 1.44 bits per heavy atom. The van der Waals surface area contributed by atoms with E-state index < -0.39 is 10.0 Å². The molecule has 1 heterocycles. The molecule has 45 heavy (non-hydrogen) atoms. The number of nitrogens with zero attached hydrogens (tertiary/aromatic N) is 2. The number of para-hydroxylation sites is 1. The number of benzene rings is 4. The Morgan fingerprint density at radius 1 is 0.800 bits per heavy atom. The molecule has 3 N–H and O–H groups in total.